The molecule has 0 spiro atoms. The van der Waals surface area contributed by atoms with E-state index in [0.29, 0.717) is 11.8 Å². The molecule has 2 fully saturated rings. The van der Waals surface area contributed by atoms with Gasteiger partial charge in [0.05, 0.1) is 5.38 Å². The number of likely N-dealkylation sites (tertiary alicyclic amines) is 1. The molecule has 15 heavy (non-hydrogen) atoms. The van der Waals surface area contributed by atoms with Crippen LogP contribution < -0.4 is 0 Å². The molecule has 0 bridgehead atoms. The van der Waals surface area contributed by atoms with Gasteiger partial charge >= 0.3 is 0 Å². The molecule has 1 unspecified atom stereocenters. The van der Waals surface area contributed by atoms with Gasteiger partial charge in [0.1, 0.15) is 0 Å². The summed E-state index contributed by atoms with van der Waals surface area (Å²) in [7, 11) is 0. The number of carbonyl (C=O) groups is 1. The van der Waals surface area contributed by atoms with Gasteiger partial charge in [-0.05, 0) is 31.6 Å². The first-order valence-corrected chi connectivity index (χ1v) is 6.61. The van der Waals surface area contributed by atoms with E-state index in [1.165, 1.54) is 25.7 Å². The van der Waals surface area contributed by atoms with Crippen LogP contribution in [0.2, 0.25) is 0 Å². The Hall–Kier alpha value is -0.240. The maximum absolute atomic E-state index is 12.0. The average Bonchev–Trinajstić information content (AvgIpc) is 2.70. The quantitative estimate of drug-likeness (QED) is 0.667. The van der Waals surface area contributed by atoms with E-state index in [-0.39, 0.29) is 5.38 Å². The molecule has 2 aliphatic rings. The smallest absolute Gasteiger partial charge is 0.222 e. The van der Waals surface area contributed by atoms with Crippen LogP contribution in [0, 0.1) is 5.92 Å². The molecule has 0 aromatic carbocycles. The first-order valence-electron chi connectivity index (χ1n) is 6.17. The van der Waals surface area contributed by atoms with Gasteiger partial charge in [0, 0.05) is 19.5 Å². The Morgan fingerprint density at radius 2 is 1.93 bits per heavy atom. The minimum Gasteiger partial charge on any atom is -0.341 e. The van der Waals surface area contributed by atoms with Gasteiger partial charge < -0.3 is 4.90 Å². The summed E-state index contributed by atoms with van der Waals surface area (Å²) in [5.41, 5.74) is 0. The topological polar surface area (TPSA) is 20.3 Å². The summed E-state index contributed by atoms with van der Waals surface area (Å²) in [4.78, 5) is 13.9. The Bertz CT molecular complexity index is 226. The zero-order chi connectivity index (χ0) is 10.7. The third kappa shape index (κ3) is 3.10. The van der Waals surface area contributed by atoms with E-state index in [1.807, 2.05) is 4.90 Å². The van der Waals surface area contributed by atoms with Gasteiger partial charge in [0.2, 0.25) is 5.91 Å². The van der Waals surface area contributed by atoms with E-state index in [9.17, 15) is 4.79 Å². The summed E-state index contributed by atoms with van der Waals surface area (Å²) < 4.78 is 0. The monoisotopic (exact) mass is 229 g/mol. The van der Waals surface area contributed by atoms with Crippen molar-refractivity contribution in [2.24, 2.45) is 5.92 Å². The zero-order valence-corrected chi connectivity index (χ0v) is 10.0. The van der Waals surface area contributed by atoms with Crippen LogP contribution in [0.5, 0.6) is 0 Å². The van der Waals surface area contributed by atoms with E-state index in [4.69, 9.17) is 11.6 Å². The summed E-state index contributed by atoms with van der Waals surface area (Å²) in [6.07, 6.45) is 8.04. The first kappa shape index (κ1) is 11.3. The van der Waals surface area contributed by atoms with Crippen molar-refractivity contribution >= 4 is 17.5 Å². The Morgan fingerprint density at radius 1 is 1.20 bits per heavy atom. The molecule has 1 saturated heterocycles. The first-order chi connectivity index (χ1) is 7.25. The zero-order valence-electron chi connectivity index (χ0n) is 9.25. The van der Waals surface area contributed by atoms with Crippen molar-refractivity contribution in [2.75, 3.05) is 13.1 Å². The predicted molar refractivity (Wildman–Crippen MR) is 62.0 cm³/mol. The average molecular weight is 230 g/mol. The minimum absolute atomic E-state index is 0.186. The highest BCUT2D eigenvalue weighted by molar-refractivity contribution is 6.20. The highest BCUT2D eigenvalue weighted by Crippen LogP contribution is 2.28. The Morgan fingerprint density at radius 3 is 2.60 bits per heavy atom. The molecule has 1 heterocycles. The summed E-state index contributed by atoms with van der Waals surface area (Å²) >= 11 is 6.08. The molecule has 86 valence electrons. The lowest BCUT2D eigenvalue weighted by molar-refractivity contribution is -0.133. The highest BCUT2D eigenvalue weighted by Gasteiger charge is 2.25. The van der Waals surface area contributed by atoms with Crippen LogP contribution in [0.1, 0.15) is 44.9 Å². The SMILES string of the molecule is O=C(CC1CCCC1)N1CCCC(Cl)C1. The van der Waals surface area contributed by atoms with E-state index in [1.54, 1.807) is 0 Å². The van der Waals surface area contributed by atoms with Crippen LogP contribution in [-0.4, -0.2) is 29.3 Å². The van der Waals surface area contributed by atoms with Crippen molar-refractivity contribution in [2.45, 2.75) is 50.3 Å². The number of alkyl halides is 1. The number of hydrogen-bond donors (Lipinski definition) is 0. The molecule has 1 saturated carbocycles. The van der Waals surface area contributed by atoms with Crippen molar-refractivity contribution in [1.29, 1.82) is 0 Å². The lowest BCUT2D eigenvalue weighted by atomic mass is 10.0. The van der Waals surface area contributed by atoms with E-state index < -0.39 is 0 Å². The molecular formula is C12H20ClNO. The third-order valence-electron chi connectivity index (χ3n) is 3.65. The summed E-state index contributed by atoms with van der Waals surface area (Å²) in [6.45, 7) is 1.70. The molecule has 2 nitrogen and oxygen atoms in total. The van der Waals surface area contributed by atoms with Crippen molar-refractivity contribution < 1.29 is 4.79 Å². The minimum atomic E-state index is 0.186. The van der Waals surface area contributed by atoms with Gasteiger partial charge in [0.25, 0.3) is 0 Å². The Balaban J connectivity index is 1.78. The highest BCUT2D eigenvalue weighted by atomic mass is 35.5. The van der Waals surface area contributed by atoms with Gasteiger partial charge in [-0.15, -0.1) is 11.6 Å². The second-order valence-electron chi connectivity index (χ2n) is 4.93. The van der Waals surface area contributed by atoms with Crippen LogP contribution in [0.15, 0.2) is 0 Å². The number of hydrogen-bond acceptors (Lipinski definition) is 1. The predicted octanol–water partition coefficient (Wildman–Crippen LogP) is 2.80. The van der Waals surface area contributed by atoms with Crippen molar-refractivity contribution in [3.8, 4) is 0 Å². The van der Waals surface area contributed by atoms with Gasteiger partial charge in [-0.25, -0.2) is 0 Å². The molecule has 0 aromatic rings. The fourth-order valence-corrected chi connectivity index (χ4v) is 3.06. The van der Waals surface area contributed by atoms with Gasteiger partial charge in [0.15, 0.2) is 0 Å². The largest absolute Gasteiger partial charge is 0.341 e. The summed E-state index contributed by atoms with van der Waals surface area (Å²) in [6, 6.07) is 0. The lowest BCUT2D eigenvalue weighted by Crippen LogP contribution is -2.40. The standard InChI is InChI=1S/C12H20ClNO/c13-11-6-3-7-14(9-11)12(15)8-10-4-1-2-5-10/h10-11H,1-9H2. The van der Waals surface area contributed by atoms with E-state index in [0.717, 1.165) is 32.4 Å². The number of carbonyl (C=O) groups excluding carboxylic acids is 1. The van der Waals surface area contributed by atoms with Crippen molar-refractivity contribution in [3.63, 3.8) is 0 Å². The van der Waals surface area contributed by atoms with Crippen molar-refractivity contribution in [1.82, 2.24) is 4.90 Å². The maximum Gasteiger partial charge on any atom is 0.222 e. The maximum atomic E-state index is 12.0. The molecule has 0 aromatic heterocycles. The Labute approximate surface area is 97.0 Å². The molecule has 2 rings (SSSR count). The second kappa shape index (κ2) is 5.20. The molecular weight excluding hydrogens is 210 g/mol. The number of rotatable bonds is 2. The molecule has 3 heteroatoms. The van der Waals surface area contributed by atoms with E-state index >= 15 is 0 Å². The number of piperidine rings is 1. The molecule has 1 aliphatic heterocycles. The Kier molecular flexibility index (Phi) is 3.90. The number of halogens is 1. The summed E-state index contributed by atoms with van der Waals surface area (Å²) in [5.74, 6) is 1.00. The molecule has 1 amide bonds. The molecule has 0 radical (unpaired) electrons. The van der Waals surface area contributed by atoms with Crippen molar-refractivity contribution in [3.05, 3.63) is 0 Å². The molecule has 0 N–H and O–H groups in total. The fourth-order valence-electron chi connectivity index (χ4n) is 2.74. The van der Waals surface area contributed by atoms with Gasteiger partial charge in [-0.3, -0.25) is 4.79 Å². The fraction of sp³-hybridized carbons (Fsp3) is 0.917. The lowest BCUT2D eigenvalue weighted by Gasteiger charge is -2.30. The number of nitrogens with zero attached hydrogens (tertiary/aromatic N) is 1. The summed E-state index contributed by atoms with van der Waals surface area (Å²) in [5, 5.41) is 0.186. The molecule has 1 aliphatic carbocycles. The van der Waals surface area contributed by atoms with Crippen LogP contribution in [0.4, 0.5) is 0 Å². The third-order valence-corrected chi connectivity index (χ3v) is 4.01. The van der Waals surface area contributed by atoms with Crippen LogP contribution in [0.3, 0.4) is 0 Å². The van der Waals surface area contributed by atoms with Crippen LogP contribution in [-0.2, 0) is 4.79 Å². The van der Waals surface area contributed by atoms with Crippen LogP contribution in [0.25, 0.3) is 0 Å². The normalized spacial score (nSPS) is 28.3. The van der Waals surface area contributed by atoms with Crippen LogP contribution >= 0.6 is 11.6 Å². The van der Waals surface area contributed by atoms with Gasteiger partial charge in [-0.2, -0.15) is 0 Å². The van der Waals surface area contributed by atoms with Gasteiger partial charge in [-0.1, -0.05) is 12.8 Å². The second-order valence-corrected chi connectivity index (χ2v) is 5.55. The molecule has 1 atom stereocenters. The number of amides is 1. The van der Waals surface area contributed by atoms with E-state index in [2.05, 4.69) is 0 Å².